The molecule has 0 saturated carbocycles. The molecule has 0 unspecified atom stereocenters. The summed E-state index contributed by atoms with van der Waals surface area (Å²) in [6.07, 6.45) is 0. The fraction of sp³-hybridized carbons (Fsp3) is 0. The normalized spacial score (nSPS) is 10.7. The van der Waals surface area contributed by atoms with Gasteiger partial charge in [-0.2, -0.15) is 4.73 Å². The highest BCUT2D eigenvalue weighted by Crippen LogP contribution is 2.19. The van der Waals surface area contributed by atoms with Gasteiger partial charge in [0.1, 0.15) is 5.82 Å². The first-order valence-corrected chi connectivity index (χ1v) is 5.63. The lowest BCUT2D eigenvalue weighted by Gasteiger charge is -2.07. The second-order valence-electron chi connectivity index (χ2n) is 4.08. The average Bonchev–Trinajstić information content (AvgIpc) is 2.40. The summed E-state index contributed by atoms with van der Waals surface area (Å²) in [5.74, 6) is -0.338. The Hall–Kier alpha value is -2.42. The minimum atomic E-state index is -0.338. The third kappa shape index (κ3) is 1.70. The first-order chi connectivity index (χ1) is 8.75. The molecular weight excluding hydrogens is 229 g/mol. The van der Waals surface area contributed by atoms with Crippen LogP contribution in [0.2, 0.25) is 0 Å². The van der Waals surface area contributed by atoms with Gasteiger partial charge >= 0.3 is 0 Å². The topological polar surface area (TPSA) is 26.9 Å². The molecule has 0 fully saturated rings. The fourth-order valence-electron chi connectivity index (χ4n) is 2.03. The highest BCUT2D eigenvalue weighted by molar-refractivity contribution is 5.77. The van der Waals surface area contributed by atoms with Crippen molar-refractivity contribution in [3.05, 3.63) is 71.7 Å². The predicted molar refractivity (Wildman–Crippen MR) is 68.3 cm³/mol. The molecule has 0 amide bonds. The van der Waals surface area contributed by atoms with E-state index in [-0.39, 0.29) is 5.82 Å². The Kier molecular flexibility index (Phi) is 2.45. The van der Waals surface area contributed by atoms with Crippen LogP contribution >= 0.6 is 0 Å². The van der Waals surface area contributed by atoms with Crippen LogP contribution < -0.4 is 4.73 Å². The average molecular weight is 239 g/mol. The van der Waals surface area contributed by atoms with Crippen molar-refractivity contribution in [2.45, 2.75) is 0 Å². The molecule has 2 nitrogen and oxygen atoms in total. The Morgan fingerprint density at radius 1 is 0.889 bits per heavy atom. The zero-order chi connectivity index (χ0) is 12.5. The van der Waals surface area contributed by atoms with Gasteiger partial charge in [-0.25, -0.2) is 4.39 Å². The monoisotopic (exact) mass is 239 g/mol. The number of hydrogen-bond donors (Lipinski definition) is 0. The Balaban J connectivity index is 2.27. The smallest absolute Gasteiger partial charge is 0.224 e. The van der Waals surface area contributed by atoms with Crippen LogP contribution in [0.4, 0.5) is 4.39 Å². The number of aromatic nitrogens is 1. The summed E-state index contributed by atoms with van der Waals surface area (Å²) in [4.78, 5) is 0. The van der Waals surface area contributed by atoms with Gasteiger partial charge in [0, 0.05) is 17.7 Å². The Morgan fingerprint density at radius 3 is 2.44 bits per heavy atom. The lowest BCUT2D eigenvalue weighted by Crippen LogP contribution is -2.30. The number of rotatable bonds is 1. The first kappa shape index (κ1) is 10.7. The van der Waals surface area contributed by atoms with Crippen molar-refractivity contribution in [3.8, 4) is 11.3 Å². The molecule has 18 heavy (non-hydrogen) atoms. The minimum Gasteiger partial charge on any atom is -0.618 e. The summed E-state index contributed by atoms with van der Waals surface area (Å²) in [7, 11) is 0. The van der Waals surface area contributed by atoms with Crippen molar-refractivity contribution in [1.29, 1.82) is 0 Å². The molecular formula is C15H10FNO. The number of fused-ring (bicyclic) bond motifs is 1. The Morgan fingerprint density at radius 2 is 1.67 bits per heavy atom. The highest BCUT2D eigenvalue weighted by atomic mass is 19.1. The van der Waals surface area contributed by atoms with Crippen LogP contribution in [-0.4, -0.2) is 0 Å². The third-order valence-corrected chi connectivity index (χ3v) is 2.92. The maximum atomic E-state index is 13.1. The van der Waals surface area contributed by atoms with Crippen molar-refractivity contribution >= 4 is 10.9 Å². The quantitative estimate of drug-likeness (QED) is 0.473. The summed E-state index contributed by atoms with van der Waals surface area (Å²) in [5, 5.41) is 12.8. The summed E-state index contributed by atoms with van der Waals surface area (Å²) in [6.45, 7) is 0. The van der Waals surface area contributed by atoms with E-state index >= 15 is 0 Å². The molecule has 3 aromatic rings. The molecule has 0 spiro atoms. The van der Waals surface area contributed by atoms with Gasteiger partial charge in [-0.1, -0.05) is 18.2 Å². The van der Waals surface area contributed by atoms with Gasteiger partial charge < -0.3 is 5.21 Å². The van der Waals surface area contributed by atoms with Crippen LogP contribution in [0.15, 0.2) is 60.7 Å². The molecule has 1 heterocycles. The molecule has 0 aliphatic rings. The van der Waals surface area contributed by atoms with Gasteiger partial charge in [-0.15, -0.1) is 0 Å². The van der Waals surface area contributed by atoms with Crippen molar-refractivity contribution < 1.29 is 9.12 Å². The van der Waals surface area contributed by atoms with E-state index in [2.05, 4.69) is 0 Å². The number of halogens is 1. The van der Waals surface area contributed by atoms with Gasteiger partial charge in [0.25, 0.3) is 0 Å². The highest BCUT2D eigenvalue weighted by Gasteiger charge is 2.12. The third-order valence-electron chi connectivity index (χ3n) is 2.92. The Bertz CT molecular complexity index is 710. The molecule has 0 aliphatic carbocycles. The predicted octanol–water partition coefficient (Wildman–Crippen LogP) is 3.28. The fourth-order valence-corrected chi connectivity index (χ4v) is 2.03. The standard InChI is InChI=1S/C15H10FNO/c16-13-7-9-15-12(10-13)6-8-14(17(15)18)11-4-2-1-3-5-11/h1-10H. The van der Waals surface area contributed by atoms with Crippen LogP contribution in [0, 0.1) is 11.0 Å². The van der Waals surface area contributed by atoms with Crippen LogP contribution in [0.5, 0.6) is 0 Å². The molecule has 0 N–H and O–H groups in total. The van der Waals surface area contributed by atoms with Crippen LogP contribution in [0.1, 0.15) is 0 Å². The van der Waals surface area contributed by atoms with E-state index in [1.54, 1.807) is 12.1 Å². The summed E-state index contributed by atoms with van der Waals surface area (Å²) in [6, 6.07) is 17.0. The number of pyridine rings is 1. The van der Waals surface area contributed by atoms with E-state index in [1.807, 2.05) is 30.3 Å². The van der Waals surface area contributed by atoms with Crippen molar-refractivity contribution in [1.82, 2.24) is 0 Å². The van der Waals surface area contributed by atoms with Crippen molar-refractivity contribution in [2.24, 2.45) is 0 Å². The van der Waals surface area contributed by atoms with E-state index in [4.69, 9.17) is 0 Å². The van der Waals surface area contributed by atoms with E-state index in [0.717, 1.165) is 10.3 Å². The van der Waals surface area contributed by atoms with Crippen molar-refractivity contribution in [3.63, 3.8) is 0 Å². The van der Waals surface area contributed by atoms with Gasteiger partial charge in [0.05, 0.1) is 5.39 Å². The maximum Gasteiger partial charge on any atom is 0.224 e. The first-order valence-electron chi connectivity index (χ1n) is 5.63. The van der Waals surface area contributed by atoms with Gasteiger partial charge in [-0.05, 0) is 30.3 Å². The number of nitrogens with zero attached hydrogens (tertiary/aromatic N) is 1. The van der Waals surface area contributed by atoms with Gasteiger partial charge in [-0.3, -0.25) is 0 Å². The maximum absolute atomic E-state index is 13.1. The molecule has 0 saturated heterocycles. The van der Waals surface area contributed by atoms with Crippen LogP contribution in [0.3, 0.4) is 0 Å². The molecule has 88 valence electrons. The molecule has 3 rings (SSSR count). The summed E-state index contributed by atoms with van der Waals surface area (Å²) < 4.78 is 13.9. The minimum absolute atomic E-state index is 0.338. The summed E-state index contributed by atoms with van der Waals surface area (Å²) in [5.41, 5.74) is 1.88. The lowest BCUT2D eigenvalue weighted by atomic mass is 10.1. The van der Waals surface area contributed by atoms with E-state index in [0.29, 0.717) is 16.6 Å². The Labute approximate surface area is 104 Å². The second-order valence-corrected chi connectivity index (χ2v) is 4.08. The molecule has 3 heteroatoms. The van der Waals surface area contributed by atoms with Gasteiger partial charge in [0.15, 0.2) is 0 Å². The lowest BCUT2D eigenvalue weighted by molar-refractivity contribution is -0.565. The van der Waals surface area contributed by atoms with Crippen molar-refractivity contribution in [2.75, 3.05) is 0 Å². The van der Waals surface area contributed by atoms with E-state index in [1.165, 1.54) is 18.2 Å². The molecule has 0 aliphatic heterocycles. The van der Waals surface area contributed by atoms with Gasteiger partial charge in [0.2, 0.25) is 11.2 Å². The molecule has 0 radical (unpaired) electrons. The van der Waals surface area contributed by atoms with E-state index in [9.17, 15) is 9.60 Å². The summed E-state index contributed by atoms with van der Waals surface area (Å²) >= 11 is 0. The van der Waals surface area contributed by atoms with Crippen LogP contribution in [-0.2, 0) is 0 Å². The van der Waals surface area contributed by atoms with E-state index < -0.39 is 0 Å². The number of hydrogen-bond acceptors (Lipinski definition) is 1. The molecule has 0 bridgehead atoms. The molecule has 1 aromatic heterocycles. The second kappa shape index (κ2) is 4.11. The van der Waals surface area contributed by atoms with Crippen LogP contribution in [0.25, 0.3) is 22.2 Å². The zero-order valence-electron chi connectivity index (χ0n) is 9.51. The molecule has 2 aromatic carbocycles. The largest absolute Gasteiger partial charge is 0.618 e. The number of benzene rings is 2. The molecule has 0 atom stereocenters. The SMILES string of the molecule is [O-][n+]1c(-c2ccccc2)ccc2cc(F)ccc21. The zero-order valence-corrected chi connectivity index (χ0v) is 9.51.